The van der Waals surface area contributed by atoms with Gasteiger partial charge in [0.1, 0.15) is 0 Å². The minimum atomic E-state index is 1.13. The summed E-state index contributed by atoms with van der Waals surface area (Å²) in [5, 5.41) is 0. The van der Waals surface area contributed by atoms with Crippen LogP contribution < -0.4 is 0 Å². The zero-order valence-corrected chi connectivity index (χ0v) is 10.7. The summed E-state index contributed by atoms with van der Waals surface area (Å²) < 4.78 is 0. The third-order valence-corrected chi connectivity index (χ3v) is 2.82. The summed E-state index contributed by atoms with van der Waals surface area (Å²) >= 11 is 1.91. The second-order valence-corrected chi connectivity index (χ2v) is 4.27. The van der Waals surface area contributed by atoms with E-state index in [-0.39, 0.29) is 0 Å². The van der Waals surface area contributed by atoms with Crippen molar-refractivity contribution in [2.75, 3.05) is 12.0 Å². The second kappa shape index (κ2) is 9.14. The Kier molecular flexibility index (Phi) is 8.86. The Morgan fingerprint density at radius 1 is 1.29 bits per heavy atom. The van der Waals surface area contributed by atoms with Crippen molar-refractivity contribution in [1.82, 2.24) is 0 Å². The highest BCUT2D eigenvalue weighted by atomic mass is 32.2. The zero-order chi connectivity index (χ0) is 10.8. The molecular formula is C13H22S. The molecule has 0 heterocycles. The van der Waals surface area contributed by atoms with Gasteiger partial charge < -0.3 is 0 Å². The van der Waals surface area contributed by atoms with Crippen molar-refractivity contribution in [2.24, 2.45) is 0 Å². The molecule has 0 aromatic rings. The molecule has 0 aliphatic carbocycles. The van der Waals surface area contributed by atoms with Crippen LogP contribution in [0.3, 0.4) is 0 Å². The van der Waals surface area contributed by atoms with Crippen LogP contribution in [0.15, 0.2) is 35.5 Å². The monoisotopic (exact) mass is 210 g/mol. The maximum Gasteiger partial charge on any atom is -0.00329 e. The van der Waals surface area contributed by atoms with Crippen molar-refractivity contribution in [1.29, 1.82) is 0 Å². The van der Waals surface area contributed by atoms with Gasteiger partial charge >= 0.3 is 0 Å². The molecule has 0 nitrogen and oxygen atoms in total. The minimum absolute atomic E-state index is 1.13. The van der Waals surface area contributed by atoms with Crippen LogP contribution in [0.2, 0.25) is 0 Å². The summed E-state index contributed by atoms with van der Waals surface area (Å²) in [6.07, 6.45) is 13.0. The van der Waals surface area contributed by atoms with Crippen molar-refractivity contribution >= 4 is 11.8 Å². The first-order valence-electron chi connectivity index (χ1n) is 5.23. The maximum atomic E-state index is 2.25. The number of hydrogen-bond donors (Lipinski definition) is 0. The number of rotatable bonds is 6. The van der Waals surface area contributed by atoms with E-state index in [1.54, 1.807) is 0 Å². The molecule has 0 radical (unpaired) electrons. The van der Waals surface area contributed by atoms with Crippen LogP contribution in [0.25, 0.3) is 0 Å². The number of thioether (sulfide) groups is 1. The van der Waals surface area contributed by atoms with Crippen molar-refractivity contribution in [2.45, 2.75) is 33.6 Å². The molecule has 0 rings (SSSR count). The van der Waals surface area contributed by atoms with E-state index in [4.69, 9.17) is 0 Å². The van der Waals surface area contributed by atoms with Gasteiger partial charge in [0.25, 0.3) is 0 Å². The standard InChI is InChI=1S/C13H22S/c1-5-7-8-9-13(6-2)12(3)10-11-14-4/h5,7-9H,6,10-11H2,1-4H3/b7-5-,9-8-,13-12+. The van der Waals surface area contributed by atoms with Gasteiger partial charge in [0.15, 0.2) is 0 Å². The Balaban J connectivity index is 4.33. The highest BCUT2D eigenvalue weighted by Crippen LogP contribution is 2.15. The molecule has 0 fully saturated rings. The molecule has 0 amide bonds. The van der Waals surface area contributed by atoms with Crippen LogP contribution in [-0.4, -0.2) is 12.0 Å². The van der Waals surface area contributed by atoms with Crippen LogP contribution in [0.4, 0.5) is 0 Å². The van der Waals surface area contributed by atoms with Crippen molar-refractivity contribution in [3.05, 3.63) is 35.5 Å². The van der Waals surface area contributed by atoms with Gasteiger partial charge in [-0.05, 0) is 44.3 Å². The van der Waals surface area contributed by atoms with Crippen LogP contribution in [0.1, 0.15) is 33.6 Å². The predicted molar refractivity (Wildman–Crippen MR) is 69.9 cm³/mol. The van der Waals surface area contributed by atoms with E-state index in [1.807, 2.05) is 18.7 Å². The largest absolute Gasteiger partial charge is 0.165 e. The fraction of sp³-hybridized carbons (Fsp3) is 0.538. The van der Waals surface area contributed by atoms with Gasteiger partial charge in [0.05, 0.1) is 0 Å². The summed E-state index contributed by atoms with van der Waals surface area (Å²) in [6.45, 7) is 6.51. The molecule has 0 N–H and O–H groups in total. The average Bonchev–Trinajstić information content (AvgIpc) is 2.21. The highest BCUT2D eigenvalue weighted by Gasteiger charge is 1.96. The Bertz CT molecular complexity index is 221. The maximum absolute atomic E-state index is 2.25. The van der Waals surface area contributed by atoms with Gasteiger partial charge in [-0.3, -0.25) is 0 Å². The Hall–Kier alpha value is -0.430. The van der Waals surface area contributed by atoms with Crippen LogP contribution >= 0.6 is 11.8 Å². The van der Waals surface area contributed by atoms with E-state index < -0.39 is 0 Å². The summed E-state index contributed by atoms with van der Waals surface area (Å²) in [7, 11) is 0. The molecule has 0 bridgehead atoms. The van der Waals surface area contributed by atoms with Gasteiger partial charge in [-0.25, -0.2) is 0 Å². The molecule has 0 aliphatic heterocycles. The lowest BCUT2D eigenvalue weighted by Gasteiger charge is -2.05. The van der Waals surface area contributed by atoms with Crippen LogP contribution in [0.5, 0.6) is 0 Å². The van der Waals surface area contributed by atoms with Gasteiger partial charge in [-0.2, -0.15) is 11.8 Å². The lowest BCUT2D eigenvalue weighted by atomic mass is 10.0. The van der Waals surface area contributed by atoms with E-state index in [2.05, 4.69) is 44.4 Å². The normalized spacial score (nSPS) is 14.0. The summed E-state index contributed by atoms with van der Waals surface area (Å²) in [4.78, 5) is 0. The molecule has 0 aliphatic rings. The van der Waals surface area contributed by atoms with E-state index in [0.717, 1.165) is 6.42 Å². The molecule has 0 saturated carbocycles. The van der Waals surface area contributed by atoms with Crippen molar-refractivity contribution < 1.29 is 0 Å². The fourth-order valence-electron chi connectivity index (χ4n) is 1.26. The molecule has 14 heavy (non-hydrogen) atoms. The molecule has 0 aromatic carbocycles. The van der Waals surface area contributed by atoms with E-state index >= 15 is 0 Å². The number of hydrogen-bond acceptors (Lipinski definition) is 1. The molecule has 0 spiro atoms. The van der Waals surface area contributed by atoms with Crippen LogP contribution in [0, 0.1) is 0 Å². The summed E-state index contributed by atoms with van der Waals surface area (Å²) in [5.74, 6) is 1.23. The van der Waals surface area contributed by atoms with E-state index in [9.17, 15) is 0 Å². The lowest BCUT2D eigenvalue weighted by molar-refractivity contribution is 1.02. The molecule has 0 atom stereocenters. The van der Waals surface area contributed by atoms with Crippen LogP contribution in [-0.2, 0) is 0 Å². The zero-order valence-electron chi connectivity index (χ0n) is 9.84. The van der Waals surface area contributed by atoms with E-state index in [1.165, 1.54) is 23.3 Å². The van der Waals surface area contributed by atoms with Crippen molar-refractivity contribution in [3.63, 3.8) is 0 Å². The Morgan fingerprint density at radius 2 is 2.00 bits per heavy atom. The molecule has 0 unspecified atom stereocenters. The highest BCUT2D eigenvalue weighted by molar-refractivity contribution is 7.98. The Labute approximate surface area is 93.2 Å². The molecule has 0 aromatic heterocycles. The first kappa shape index (κ1) is 13.6. The summed E-state index contributed by atoms with van der Waals surface area (Å²) in [6, 6.07) is 0. The van der Waals surface area contributed by atoms with Gasteiger partial charge in [-0.1, -0.05) is 36.8 Å². The quantitative estimate of drug-likeness (QED) is 0.577. The molecular weight excluding hydrogens is 188 g/mol. The van der Waals surface area contributed by atoms with Gasteiger partial charge in [-0.15, -0.1) is 0 Å². The first-order valence-corrected chi connectivity index (χ1v) is 6.62. The molecule has 1 heteroatoms. The van der Waals surface area contributed by atoms with Crippen molar-refractivity contribution in [3.8, 4) is 0 Å². The SMILES string of the molecule is C\C=C/C=C\C(CC)=C(/C)CCSC. The van der Waals surface area contributed by atoms with E-state index in [0.29, 0.717) is 0 Å². The molecule has 80 valence electrons. The van der Waals surface area contributed by atoms with Gasteiger partial charge in [0, 0.05) is 0 Å². The number of allylic oxidation sites excluding steroid dienone is 6. The smallest absolute Gasteiger partial charge is 0.00329 e. The third kappa shape index (κ3) is 6.09. The average molecular weight is 210 g/mol. The lowest BCUT2D eigenvalue weighted by Crippen LogP contribution is -1.87. The second-order valence-electron chi connectivity index (χ2n) is 3.29. The Morgan fingerprint density at radius 3 is 2.50 bits per heavy atom. The summed E-state index contributed by atoms with van der Waals surface area (Å²) in [5.41, 5.74) is 3.01. The van der Waals surface area contributed by atoms with Gasteiger partial charge in [0.2, 0.25) is 0 Å². The minimum Gasteiger partial charge on any atom is -0.165 e. The fourth-order valence-corrected chi connectivity index (χ4v) is 1.77. The third-order valence-electron chi connectivity index (χ3n) is 2.21. The predicted octanol–water partition coefficient (Wildman–Crippen LogP) is 4.60. The first-order chi connectivity index (χ1) is 6.76. The topological polar surface area (TPSA) is 0 Å². The molecule has 0 saturated heterocycles.